The summed E-state index contributed by atoms with van der Waals surface area (Å²) >= 11 is 0. The Morgan fingerprint density at radius 3 is 1.38 bits per heavy atom. The summed E-state index contributed by atoms with van der Waals surface area (Å²) in [4.78, 5) is 45.3. The molecule has 2 saturated heterocycles. The third kappa shape index (κ3) is 7.53. The minimum Gasteiger partial charge on any atom is -0.381 e. The van der Waals surface area contributed by atoms with Crippen molar-refractivity contribution in [3.8, 4) is 0 Å². The lowest BCUT2D eigenvalue weighted by Crippen LogP contribution is -2.25. The topological polar surface area (TPSA) is 197 Å². The molecule has 0 spiro atoms. The molecular weight excluding hydrogens is 432 g/mol. The Morgan fingerprint density at radius 1 is 0.828 bits per heavy atom. The second-order valence-corrected chi connectivity index (χ2v) is 9.99. The lowest BCUT2D eigenvalue weighted by Gasteiger charge is -2.29. The average molecular weight is 457 g/mol. The van der Waals surface area contributed by atoms with Crippen LogP contribution in [0.3, 0.4) is 0 Å². The van der Waals surface area contributed by atoms with Crippen molar-refractivity contribution in [2.45, 2.75) is 30.8 Å². The maximum atomic E-state index is 11.1. The first-order valence-corrected chi connectivity index (χ1v) is 11.9. The van der Waals surface area contributed by atoms with Gasteiger partial charge in [-0.25, -0.2) is 0 Å². The number of rotatable bonds is 4. The van der Waals surface area contributed by atoms with E-state index < -0.39 is 36.4 Å². The van der Waals surface area contributed by atoms with Gasteiger partial charge in [0.15, 0.2) is 0 Å². The van der Waals surface area contributed by atoms with Gasteiger partial charge < -0.3 is 34.2 Å². The van der Waals surface area contributed by atoms with E-state index in [1.165, 1.54) is 25.7 Å². The number of ether oxygens (including phenoxy) is 2. The maximum Gasteiger partial charge on any atom is 0.374 e. The maximum absolute atomic E-state index is 11.1. The van der Waals surface area contributed by atoms with Crippen molar-refractivity contribution in [3.63, 3.8) is 0 Å². The predicted octanol–water partition coefficient (Wildman–Crippen LogP) is 1.65. The molecule has 0 saturated carbocycles. The Hall–Kier alpha value is -1.20. The number of hydrogen-bond acceptors (Lipinski definition) is 7. The van der Waals surface area contributed by atoms with Gasteiger partial charge in [0, 0.05) is 44.1 Å². The van der Waals surface area contributed by atoms with Crippen LogP contribution in [0.1, 0.15) is 31.2 Å². The molecule has 12 nitrogen and oxygen atoms in total. The molecular formula is C15H25NO11P2. The van der Waals surface area contributed by atoms with E-state index in [9.17, 15) is 24.4 Å². The van der Waals surface area contributed by atoms with Gasteiger partial charge in [-0.15, -0.1) is 0 Å². The van der Waals surface area contributed by atoms with Crippen molar-refractivity contribution in [2.75, 3.05) is 26.4 Å². The van der Waals surface area contributed by atoms with E-state index in [0.29, 0.717) is 12.1 Å². The Kier molecular flexibility index (Phi) is 10.0. The molecule has 1 aromatic carbocycles. The van der Waals surface area contributed by atoms with E-state index >= 15 is 0 Å². The summed E-state index contributed by atoms with van der Waals surface area (Å²) in [5.41, 5.74) is -1.29. The summed E-state index contributed by atoms with van der Waals surface area (Å²) in [5.74, 6) is 0. The molecule has 0 amide bonds. The Bertz CT molecular complexity index is 688. The zero-order chi connectivity index (χ0) is 22.1. The Labute approximate surface area is 166 Å². The van der Waals surface area contributed by atoms with Crippen LogP contribution in [0.4, 0.5) is 5.69 Å². The van der Waals surface area contributed by atoms with Crippen LogP contribution in [0, 0.1) is 10.1 Å². The van der Waals surface area contributed by atoms with Crippen LogP contribution in [0.25, 0.3) is 0 Å². The number of non-ortho nitro benzene ring substituents is 1. The summed E-state index contributed by atoms with van der Waals surface area (Å²) in [6.45, 7) is 4.00. The summed E-state index contributed by atoms with van der Waals surface area (Å²) in [7, 11) is -11.3. The lowest BCUT2D eigenvalue weighted by molar-refractivity contribution is -0.384. The molecule has 29 heavy (non-hydrogen) atoms. The summed E-state index contributed by atoms with van der Waals surface area (Å²) < 4.78 is 32.2. The van der Waals surface area contributed by atoms with Crippen molar-refractivity contribution >= 4 is 20.9 Å². The highest BCUT2D eigenvalue weighted by atomic mass is 31.2. The monoisotopic (exact) mass is 457 g/mol. The van der Waals surface area contributed by atoms with Gasteiger partial charge in [0.2, 0.25) is 0 Å². The minimum atomic E-state index is -5.65. The molecule has 0 aliphatic carbocycles. The smallest absolute Gasteiger partial charge is 0.374 e. The Morgan fingerprint density at radius 2 is 1.17 bits per heavy atom. The highest BCUT2D eigenvalue weighted by Crippen LogP contribution is 2.72. The van der Waals surface area contributed by atoms with Gasteiger partial charge in [-0.05, 0) is 37.8 Å². The van der Waals surface area contributed by atoms with Crippen molar-refractivity contribution in [2.24, 2.45) is 0 Å². The van der Waals surface area contributed by atoms with Gasteiger partial charge in [0.1, 0.15) is 0 Å². The summed E-state index contributed by atoms with van der Waals surface area (Å²) in [5, 5.41) is 16.3. The van der Waals surface area contributed by atoms with Gasteiger partial charge >= 0.3 is 15.2 Å². The van der Waals surface area contributed by atoms with Crippen molar-refractivity contribution in [1.82, 2.24) is 0 Å². The molecule has 2 heterocycles. The fourth-order valence-electron chi connectivity index (χ4n) is 2.33. The van der Waals surface area contributed by atoms with Crippen LogP contribution in [0.2, 0.25) is 0 Å². The largest absolute Gasteiger partial charge is 0.381 e. The van der Waals surface area contributed by atoms with E-state index in [0.717, 1.165) is 38.6 Å². The Balaban J connectivity index is 0.000000336. The molecule has 2 aliphatic heterocycles. The van der Waals surface area contributed by atoms with Crippen LogP contribution in [-0.2, 0) is 23.7 Å². The fraction of sp³-hybridized carbons (Fsp3) is 0.600. The second kappa shape index (κ2) is 11.3. The highest BCUT2D eigenvalue weighted by Gasteiger charge is 2.60. The van der Waals surface area contributed by atoms with Crippen LogP contribution in [0.5, 0.6) is 0 Å². The van der Waals surface area contributed by atoms with Gasteiger partial charge in [0.25, 0.3) is 10.8 Å². The summed E-state index contributed by atoms with van der Waals surface area (Å²) in [6, 6.07) is 2.84. The van der Waals surface area contributed by atoms with Crippen LogP contribution < -0.4 is 0 Å². The molecule has 0 aromatic heterocycles. The van der Waals surface area contributed by atoms with Gasteiger partial charge in [0.05, 0.1) is 4.92 Å². The number of nitro benzene ring substituents is 1. The van der Waals surface area contributed by atoms with Crippen molar-refractivity contribution in [1.29, 1.82) is 0 Å². The molecule has 0 radical (unpaired) electrons. The summed E-state index contributed by atoms with van der Waals surface area (Å²) in [6.07, 6.45) is 5.11. The first-order chi connectivity index (χ1) is 13.4. The molecule has 5 N–H and O–H groups in total. The number of benzene rings is 1. The number of nitro groups is 1. The average Bonchev–Trinajstić information content (AvgIpc) is 3.37. The molecule has 2 aliphatic rings. The van der Waals surface area contributed by atoms with Crippen molar-refractivity contribution < 1.29 is 48.2 Å². The van der Waals surface area contributed by atoms with E-state index in [1.807, 2.05) is 0 Å². The lowest BCUT2D eigenvalue weighted by atomic mass is 10.2. The first kappa shape index (κ1) is 25.8. The first-order valence-electron chi connectivity index (χ1n) is 8.65. The molecule has 0 atom stereocenters. The van der Waals surface area contributed by atoms with E-state index in [1.54, 1.807) is 0 Å². The normalized spacial score (nSPS) is 17.0. The zero-order valence-corrected chi connectivity index (χ0v) is 17.3. The minimum absolute atomic E-state index is 0.470. The SMILES string of the molecule is C1CCOC1.C1CCOC1.O=[N+]([O-])c1ccc(C(O)(P(=O)(O)O)P(=O)(O)O)cc1. The van der Waals surface area contributed by atoms with E-state index in [2.05, 4.69) is 0 Å². The van der Waals surface area contributed by atoms with Crippen LogP contribution >= 0.6 is 15.2 Å². The van der Waals surface area contributed by atoms with Crippen molar-refractivity contribution in [3.05, 3.63) is 39.9 Å². The van der Waals surface area contributed by atoms with Crippen LogP contribution in [-0.4, -0.2) is 56.0 Å². The van der Waals surface area contributed by atoms with E-state index in [-0.39, 0.29) is 0 Å². The quantitative estimate of drug-likeness (QED) is 0.250. The second-order valence-electron chi connectivity index (χ2n) is 6.17. The fourth-order valence-corrected chi connectivity index (χ4v) is 4.66. The van der Waals surface area contributed by atoms with Gasteiger partial charge in [-0.3, -0.25) is 19.2 Å². The number of aliphatic hydroxyl groups is 1. The van der Waals surface area contributed by atoms with Gasteiger partial charge in [-0.1, -0.05) is 0 Å². The van der Waals surface area contributed by atoms with E-state index in [4.69, 9.17) is 29.0 Å². The molecule has 166 valence electrons. The standard InChI is InChI=1S/C7H9NO9P2.2C4H8O/c9-7(18(12,13)14,19(15,16)17)5-1-3-6(4-2-5)8(10)11;2*1-2-4-5-3-1/h1-4,9H,(H2,12,13,14)(H2,15,16,17);2*1-4H2. The highest BCUT2D eigenvalue weighted by molar-refractivity contribution is 7.71. The molecule has 0 unspecified atom stereocenters. The molecule has 14 heteroatoms. The third-order valence-corrected chi connectivity index (χ3v) is 7.64. The van der Waals surface area contributed by atoms with Gasteiger partial charge in [-0.2, -0.15) is 0 Å². The predicted molar refractivity (Wildman–Crippen MR) is 101 cm³/mol. The number of nitrogens with zero attached hydrogens (tertiary/aromatic N) is 1. The third-order valence-electron chi connectivity index (χ3n) is 3.93. The molecule has 2 fully saturated rings. The molecule has 3 rings (SSSR count). The van der Waals surface area contributed by atoms with Crippen LogP contribution in [0.15, 0.2) is 24.3 Å². The molecule has 0 bridgehead atoms. The molecule has 1 aromatic rings. The zero-order valence-electron chi connectivity index (χ0n) is 15.5. The number of hydrogen-bond donors (Lipinski definition) is 5.